The summed E-state index contributed by atoms with van der Waals surface area (Å²) < 4.78 is 12.2. The monoisotopic (exact) mass is 426 g/mol. The lowest BCUT2D eigenvalue weighted by atomic mass is 9.53. The maximum absolute atomic E-state index is 13.6. The summed E-state index contributed by atoms with van der Waals surface area (Å²) in [5.74, 6) is 3.17. The first kappa shape index (κ1) is 18.5. The topological polar surface area (TPSA) is 68.3 Å². The fourth-order valence-electron chi connectivity index (χ4n) is 7.25. The van der Waals surface area contributed by atoms with Gasteiger partial charge in [-0.25, -0.2) is 4.98 Å². The summed E-state index contributed by atoms with van der Waals surface area (Å²) in [4.78, 5) is 18.1. The Balaban J connectivity index is 1.30. The molecule has 4 aromatic rings. The van der Waals surface area contributed by atoms with E-state index in [1.807, 2.05) is 36.4 Å². The largest absolute Gasteiger partial charge is 0.455 e. The lowest BCUT2D eigenvalue weighted by Gasteiger charge is -2.56. The number of carbonyl (C=O) groups is 1. The van der Waals surface area contributed by atoms with Crippen molar-refractivity contribution in [3.05, 3.63) is 54.0 Å². The van der Waals surface area contributed by atoms with E-state index in [0.717, 1.165) is 64.5 Å². The lowest BCUT2D eigenvalue weighted by Crippen LogP contribution is -2.59. The van der Waals surface area contributed by atoms with Crippen molar-refractivity contribution in [3.8, 4) is 11.3 Å². The summed E-state index contributed by atoms with van der Waals surface area (Å²) in [7, 11) is 0. The number of benzene rings is 2. The molecule has 1 N–H and O–H groups in total. The molecule has 4 aliphatic carbocycles. The molecule has 0 saturated heterocycles. The summed E-state index contributed by atoms with van der Waals surface area (Å²) in [6.45, 7) is 1.80. The molecule has 0 spiro atoms. The smallest absolute Gasteiger partial charge is 0.274 e. The molecule has 4 aliphatic rings. The van der Waals surface area contributed by atoms with Gasteiger partial charge in [-0.1, -0.05) is 30.3 Å². The van der Waals surface area contributed by atoms with Crippen LogP contribution in [0.5, 0.6) is 0 Å². The molecule has 1 amide bonds. The third-order valence-electron chi connectivity index (χ3n) is 8.02. The first-order valence-corrected chi connectivity index (χ1v) is 11.8. The van der Waals surface area contributed by atoms with Gasteiger partial charge in [0, 0.05) is 23.2 Å². The number of carbonyl (C=O) groups excluding carboxylic acids is 1. The van der Waals surface area contributed by atoms with Gasteiger partial charge in [0.25, 0.3) is 5.91 Å². The van der Waals surface area contributed by atoms with Crippen LogP contribution in [0.25, 0.3) is 33.3 Å². The van der Waals surface area contributed by atoms with Gasteiger partial charge in [0.05, 0.1) is 5.56 Å². The van der Waals surface area contributed by atoms with Crippen LogP contribution in [0.3, 0.4) is 0 Å². The molecule has 32 heavy (non-hydrogen) atoms. The minimum Gasteiger partial charge on any atom is -0.455 e. The standard InChI is InChI=1S/C27H26N2O3/c1-15-28-23(26(30)29-27-12-16-9-17(13-27)11-18(10-16)14-27)25(31-15)21-7-4-6-20-19-5-2-3-8-22(19)32-24(20)21/h2-8,16-18H,9-14H2,1H3,(H,29,30). The molecule has 2 heterocycles. The molecule has 0 unspecified atom stereocenters. The van der Waals surface area contributed by atoms with Crippen molar-refractivity contribution in [3.63, 3.8) is 0 Å². The van der Waals surface area contributed by atoms with Crippen molar-refractivity contribution < 1.29 is 13.6 Å². The molecular formula is C27H26N2O3. The highest BCUT2D eigenvalue weighted by Gasteiger charge is 2.51. The Kier molecular flexibility index (Phi) is 3.74. The van der Waals surface area contributed by atoms with Crippen molar-refractivity contribution >= 4 is 27.8 Å². The van der Waals surface area contributed by atoms with E-state index in [4.69, 9.17) is 8.83 Å². The first-order valence-electron chi connectivity index (χ1n) is 11.8. The molecule has 0 radical (unpaired) electrons. The number of nitrogens with one attached hydrogen (secondary N) is 1. The number of nitrogens with zero attached hydrogens (tertiary/aromatic N) is 1. The maximum Gasteiger partial charge on any atom is 0.274 e. The van der Waals surface area contributed by atoms with Gasteiger partial charge < -0.3 is 14.2 Å². The zero-order chi connectivity index (χ0) is 21.4. The molecule has 4 fully saturated rings. The number of aromatic nitrogens is 1. The summed E-state index contributed by atoms with van der Waals surface area (Å²) in [5.41, 5.74) is 2.63. The van der Waals surface area contributed by atoms with Crippen molar-refractivity contribution in [2.24, 2.45) is 17.8 Å². The fraction of sp³-hybridized carbons (Fsp3) is 0.407. The molecule has 2 aromatic carbocycles. The van der Waals surface area contributed by atoms with Gasteiger partial charge in [-0.05, 0) is 68.4 Å². The van der Waals surface area contributed by atoms with Crippen molar-refractivity contribution in [2.75, 3.05) is 0 Å². The van der Waals surface area contributed by atoms with Gasteiger partial charge in [-0.2, -0.15) is 0 Å². The Labute approximate surface area is 186 Å². The molecule has 4 saturated carbocycles. The number of hydrogen-bond donors (Lipinski definition) is 1. The molecule has 162 valence electrons. The third kappa shape index (κ3) is 2.70. The van der Waals surface area contributed by atoms with Crippen molar-refractivity contribution in [1.29, 1.82) is 0 Å². The molecule has 5 heteroatoms. The second kappa shape index (κ2) is 6.47. The number of hydrogen-bond acceptors (Lipinski definition) is 4. The zero-order valence-electron chi connectivity index (χ0n) is 18.2. The van der Waals surface area contributed by atoms with Crippen LogP contribution in [0.2, 0.25) is 0 Å². The highest BCUT2D eigenvalue weighted by atomic mass is 16.4. The highest BCUT2D eigenvalue weighted by Crippen LogP contribution is 2.55. The maximum atomic E-state index is 13.6. The molecule has 5 nitrogen and oxygen atoms in total. The SMILES string of the molecule is Cc1nc(C(=O)NC23CC4CC(CC(C4)C2)C3)c(-c2cccc3c2oc2ccccc23)o1. The fourth-order valence-corrected chi connectivity index (χ4v) is 7.25. The average Bonchev–Trinajstić information content (AvgIpc) is 3.33. The normalized spacial score (nSPS) is 28.6. The Bertz CT molecular complexity index is 1340. The second-order valence-electron chi connectivity index (χ2n) is 10.3. The van der Waals surface area contributed by atoms with Gasteiger partial charge in [0.2, 0.25) is 0 Å². The molecule has 4 bridgehead atoms. The van der Waals surface area contributed by atoms with Gasteiger partial charge in [-0.3, -0.25) is 4.79 Å². The Hall–Kier alpha value is -3.08. The zero-order valence-corrected chi connectivity index (χ0v) is 18.2. The van der Waals surface area contributed by atoms with E-state index in [-0.39, 0.29) is 11.4 Å². The van der Waals surface area contributed by atoms with Crippen LogP contribution < -0.4 is 5.32 Å². The summed E-state index contributed by atoms with van der Waals surface area (Å²) in [6, 6.07) is 14.0. The Morgan fingerprint density at radius 1 is 0.938 bits per heavy atom. The number of aryl methyl sites for hydroxylation is 1. The molecule has 0 atom stereocenters. The first-order chi connectivity index (χ1) is 15.6. The highest BCUT2D eigenvalue weighted by molar-refractivity contribution is 6.10. The number of amides is 1. The Morgan fingerprint density at radius 3 is 2.38 bits per heavy atom. The van der Waals surface area contributed by atoms with E-state index >= 15 is 0 Å². The average molecular weight is 427 g/mol. The van der Waals surface area contributed by atoms with Crippen LogP contribution in [0.15, 0.2) is 51.3 Å². The third-order valence-corrected chi connectivity index (χ3v) is 8.02. The van der Waals surface area contributed by atoms with Crippen LogP contribution in [0.4, 0.5) is 0 Å². The van der Waals surface area contributed by atoms with Gasteiger partial charge in [0.1, 0.15) is 11.2 Å². The second-order valence-corrected chi connectivity index (χ2v) is 10.3. The number of oxazole rings is 1. The molecular weight excluding hydrogens is 400 g/mol. The van der Waals surface area contributed by atoms with E-state index < -0.39 is 0 Å². The van der Waals surface area contributed by atoms with E-state index in [9.17, 15) is 4.79 Å². The minimum absolute atomic E-state index is 0.0681. The summed E-state index contributed by atoms with van der Waals surface area (Å²) >= 11 is 0. The summed E-state index contributed by atoms with van der Waals surface area (Å²) in [6.07, 6.45) is 7.36. The van der Waals surface area contributed by atoms with Crippen LogP contribution in [-0.4, -0.2) is 16.4 Å². The molecule has 2 aromatic heterocycles. The van der Waals surface area contributed by atoms with Crippen molar-refractivity contribution in [1.82, 2.24) is 10.3 Å². The number of furan rings is 1. The van der Waals surface area contributed by atoms with Crippen LogP contribution in [0.1, 0.15) is 54.9 Å². The quantitative estimate of drug-likeness (QED) is 0.420. The number of para-hydroxylation sites is 2. The number of fused-ring (bicyclic) bond motifs is 3. The summed E-state index contributed by atoms with van der Waals surface area (Å²) in [5, 5.41) is 5.52. The van der Waals surface area contributed by atoms with Gasteiger partial charge >= 0.3 is 0 Å². The van der Waals surface area contributed by atoms with Gasteiger partial charge in [0.15, 0.2) is 17.3 Å². The van der Waals surface area contributed by atoms with E-state index in [0.29, 0.717) is 17.3 Å². The minimum atomic E-state index is -0.119. The van der Waals surface area contributed by atoms with Crippen LogP contribution in [0, 0.1) is 24.7 Å². The van der Waals surface area contributed by atoms with E-state index in [1.165, 1.54) is 19.3 Å². The van der Waals surface area contributed by atoms with E-state index in [1.54, 1.807) is 6.92 Å². The molecule has 8 rings (SSSR count). The van der Waals surface area contributed by atoms with Crippen LogP contribution >= 0.6 is 0 Å². The van der Waals surface area contributed by atoms with Crippen molar-refractivity contribution in [2.45, 2.75) is 51.0 Å². The molecule has 0 aliphatic heterocycles. The Morgan fingerprint density at radius 2 is 1.62 bits per heavy atom. The predicted molar refractivity (Wildman–Crippen MR) is 122 cm³/mol. The predicted octanol–water partition coefficient (Wildman–Crippen LogP) is 6.25. The van der Waals surface area contributed by atoms with Gasteiger partial charge in [-0.15, -0.1) is 0 Å². The lowest BCUT2D eigenvalue weighted by molar-refractivity contribution is -0.0167. The van der Waals surface area contributed by atoms with E-state index in [2.05, 4.69) is 16.4 Å². The van der Waals surface area contributed by atoms with Crippen LogP contribution in [-0.2, 0) is 0 Å². The number of rotatable bonds is 3.